The van der Waals surface area contributed by atoms with Gasteiger partial charge in [-0.1, -0.05) is 13.0 Å². The molecule has 94 valence electrons. The van der Waals surface area contributed by atoms with Crippen molar-refractivity contribution in [2.45, 2.75) is 38.6 Å². The van der Waals surface area contributed by atoms with E-state index in [1.165, 1.54) is 6.92 Å². The van der Waals surface area contributed by atoms with E-state index in [0.717, 1.165) is 4.88 Å². The molecule has 5 heteroatoms. The third-order valence-electron chi connectivity index (χ3n) is 2.77. The molecule has 0 aliphatic carbocycles. The van der Waals surface area contributed by atoms with E-state index in [2.05, 4.69) is 5.32 Å². The van der Waals surface area contributed by atoms with Crippen molar-refractivity contribution in [2.75, 3.05) is 0 Å². The molecule has 0 aliphatic heterocycles. The fraction of sp³-hybridized carbons (Fsp3) is 0.500. The average Bonchev–Trinajstić information content (AvgIpc) is 2.78. The van der Waals surface area contributed by atoms with Gasteiger partial charge in [-0.15, -0.1) is 11.3 Å². The summed E-state index contributed by atoms with van der Waals surface area (Å²) < 4.78 is 0. The summed E-state index contributed by atoms with van der Waals surface area (Å²) in [6.45, 7) is 3.27. The van der Waals surface area contributed by atoms with Crippen molar-refractivity contribution < 1.29 is 14.7 Å². The minimum Gasteiger partial charge on any atom is -0.480 e. The first-order valence-corrected chi connectivity index (χ1v) is 6.42. The van der Waals surface area contributed by atoms with Gasteiger partial charge in [-0.05, 0) is 31.2 Å². The molecule has 0 fully saturated rings. The number of carbonyl (C=O) groups is 2. The molecule has 1 rings (SSSR count). The zero-order chi connectivity index (χ0) is 12.9. The first kappa shape index (κ1) is 13.7. The van der Waals surface area contributed by atoms with Gasteiger partial charge in [0, 0.05) is 11.3 Å². The molecule has 17 heavy (non-hydrogen) atoms. The predicted molar refractivity (Wildman–Crippen MR) is 67.1 cm³/mol. The molecule has 0 spiro atoms. The highest BCUT2D eigenvalue weighted by Gasteiger charge is 2.32. The number of carbonyl (C=O) groups excluding carboxylic acids is 1. The second kappa shape index (κ2) is 5.82. The third kappa shape index (κ3) is 3.85. The van der Waals surface area contributed by atoms with E-state index in [1.807, 2.05) is 17.5 Å². The van der Waals surface area contributed by atoms with Gasteiger partial charge in [0.15, 0.2) is 0 Å². The van der Waals surface area contributed by atoms with Gasteiger partial charge >= 0.3 is 5.97 Å². The molecule has 1 aromatic rings. The maximum absolute atomic E-state index is 11.6. The second-order valence-electron chi connectivity index (χ2n) is 4.12. The van der Waals surface area contributed by atoms with Crippen LogP contribution in [0.25, 0.3) is 0 Å². The van der Waals surface area contributed by atoms with Gasteiger partial charge in [-0.2, -0.15) is 0 Å². The number of thiophene rings is 1. The molecule has 1 amide bonds. The van der Waals surface area contributed by atoms with Crippen LogP contribution in [-0.4, -0.2) is 22.5 Å². The van der Waals surface area contributed by atoms with Gasteiger partial charge in [0.25, 0.3) is 0 Å². The van der Waals surface area contributed by atoms with E-state index in [1.54, 1.807) is 18.3 Å². The number of hydrogen-bond donors (Lipinski definition) is 2. The zero-order valence-corrected chi connectivity index (χ0v) is 10.8. The number of carboxylic acid groups (broad SMARTS) is 1. The number of aliphatic carboxylic acids is 1. The van der Waals surface area contributed by atoms with E-state index in [0.29, 0.717) is 19.3 Å². The maximum atomic E-state index is 11.6. The summed E-state index contributed by atoms with van der Waals surface area (Å²) in [6.07, 6.45) is 1.35. The van der Waals surface area contributed by atoms with Gasteiger partial charge in [0.1, 0.15) is 5.54 Å². The van der Waals surface area contributed by atoms with Crippen LogP contribution >= 0.6 is 11.3 Å². The van der Waals surface area contributed by atoms with Gasteiger partial charge in [-0.25, -0.2) is 4.79 Å². The largest absolute Gasteiger partial charge is 0.480 e. The van der Waals surface area contributed by atoms with Crippen LogP contribution in [0.4, 0.5) is 0 Å². The van der Waals surface area contributed by atoms with Crippen LogP contribution < -0.4 is 5.32 Å². The quantitative estimate of drug-likeness (QED) is 0.817. The van der Waals surface area contributed by atoms with Gasteiger partial charge < -0.3 is 10.4 Å². The molecule has 0 saturated carbocycles. The van der Waals surface area contributed by atoms with E-state index >= 15 is 0 Å². The SMILES string of the molecule is CCC(C)(NC(=O)CCc1cccs1)C(=O)O. The number of aryl methyl sites for hydroxylation is 1. The Morgan fingerprint density at radius 1 is 1.53 bits per heavy atom. The van der Waals surface area contributed by atoms with Crippen LogP contribution in [0, 0.1) is 0 Å². The van der Waals surface area contributed by atoms with Crippen LogP contribution in [0.15, 0.2) is 17.5 Å². The van der Waals surface area contributed by atoms with Gasteiger partial charge in [-0.3, -0.25) is 4.79 Å². The Kier molecular flexibility index (Phi) is 4.69. The molecule has 0 aromatic carbocycles. The standard InChI is InChI=1S/C12H17NO3S/c1-3-12(2,11(15)16)13-10(14)7-6-9-5-4-8-17-9/h4-5,8H,3,6-7H2,1-2H3,(H,13,14)(H,15,16). The van der Waals surface area contributed by atoms with Crippen molar-refractivity contribution in [2.24, 2.45) is 0 Å². The third-order valence-corrected chi connectivity index (χ3v) is 3.71. The Balaban J connectivity index is 2.46. The summed E-state index contributed by atoms with van der Waals surface area (Å²) >= 11 is 1.60. The molecule has 1 aromatic heterocycles. The van der Waals surface area contributed by atoms with E-state index in [9.17, 15) is 9.59 Å². The lowest BCUT2D eigenvalue weighted by Crippen LogP contribution is -2.51. The number of hydrogen-bond acceptors (Lipinski definition) is 3. The van der Waals surface area contributed by atoms with Crippen LogP contribution in [0.5, 0.6) is 0 Å². The van der Waals surface area contributed by atoms with Crippen molar-refractivity contribution in [1.82, 2.24) is 5.32 Å². The van der Waals surface area contributed by atoms with E-state index < -0.39 is 11.5 Å². The zero-order valence-electron chi connectivity index (χ0n) is 10.0. The molecule has 0 saturated heterocycles. The van der Waals surface area contributed by atoms with Gasteiger partial charge in [0.2, 0.25) is 5.91 Å². The number of amides is 1. The summed E-state index contributed by atoms with van der Waals surface area (Å²) in [4.78, 5) is 23.8. The van der Waals surface area contributed by atoms with Crippen molar-refractivity contribution in [3.05, 3.63) is 22.4 Å². The van der Waals surface area contributed by atoms with E-state index in [4.69, 9.17) is 5.11 Å². The van der Waals surface area contributed by atoms with Crippen LogP contribution in [0.1, 0.15) is 31.6 Å². The number of carboxylic acids is 1. The summed E-state index contributed by atoms with van der Waals surface area (Å²) in [7, 11) is 0. The topological polar surface area (TPSA) is 66.4 Å². The lowest BCUT2D eigenvalue weighted by Gasteiger charge is -2.24. The highest BCUT2D eigenvalue weighted by molar-refractivity contribution is 7.09. The molecular weight excluding hydrogens is 238 g/mol. The maximum Gasteiger partial charge on any atom is 0.329 e. The highest BCUT2D eigenvalue weighted by atomic mass is 32.1. The first-order chi connectivity index (χ1) is 7.98. The van der Waals surface area contributed by atoms with Crippen LogP contribution in [0.2, 0.25) is 0 Å². The fourth-order valence-electron chi connectivity index (χ4n) is 1.35. The lowest BCUT2D eigenvalue weighted by atomic mass is 9.99. The minimum absolute atomic E-state index is 0.217. The molecule has 2 N–H and O–H groups in total. The lowest BCUT2D eigenvalue weighted by molar-refractivity contribution is -0.147. The molecule has 4 nitrogen and oxygen atoms in total. The predicted octanol–water partition coefficient (Wildman–Crippen LogP) is 2.05. The fourth-order valence-corrected chi connectivity index (χ4v) is 2.06. The Morgan fingerprint density at radius 2 is 2.24 bits per heavy atom. The summed E-state index contributed by atoms with van der Waals surface area (Å²) in [5.74, 6) is -1.21. The Hall–Kier alpha value is -1.36. The summed E-state index contributed by atoms with van der Waals surface area (Å²) in [5, 5.41) is 13.6. The number of rotatable bonds is 6. The minimum atomic E-state index is -1.16. The molecule has 1 unspecified atom stereocenters. The second-order valence-corrected chi connectivity index (χ2v) is 5.15. The number of nitrogens with one attached hydrogen (secondary N) is 1. The Labute approximate surface area is 105 Å². The van der Waals surface area contributed by atoms with Crippen molar-refractivity contribution in [3.8, 4) is 0 Å². The van der Waals surface area contributed by atoms with Gasteiger partial charge in [0.05, 0.1) is 0 Å². The highest BCUT2D eigenvalue weighted by Crippen LogP contribution is 2.13. The molecule has 1 atom stereocenters. The summed E-state index contributed by atoms with van der Waals surface area (Å²) in [5.41, 5.74) is -1.16. The normalized spacial score (nSPS) is 14.0. The molecular formula is C12H17NO3S. The average molecular weight is 255 g/mol. The van der Waals surface area contributed by atoms with Crippen molar-refractivity contribution in [3.63, 3.8) is 0 Å². The smallest absolute Gasteiger partial charge is 0.329 e. The Morgan fingerprint density at radius 3 is 2.71 bits per heavy atom. The van der Waals surface area contributed by atoms with Crippen LogP contribution in [-0.2, 0) is 16.0 Å². The van der Waals surface area contributed by atoms with E-state index in [-0.39, 0.29) is 5.91 Å². The summed E-state index contributed by atoms with van der Waals surface area (Å²) in [6, 6.07) is 3.90. The molecule has 0 aliphatic rings. The molecule has 0 bridgehead atoms. The Bertz CT molecular complexity index is 388. The van der Waals surface area contributed by atoms with Crippen LogP contribution in [0.3, 0.4) is 0 Å². The van der Waals surface area contributed by atoms with Crippen molar-refractivity contribution in [1.29, 1.82) is 0 Å². The first-order valence-electron chi connectivity index (χ1n) is 5.54. The monoisotopic (exact) mass is 255 g/mol. The molecule has 1 heterocycles. The molecule has 0 radical (unpaired) electrons. The van der Waals surface area contributed by atoms with Crippen molar-refractivity contribution >= 4 is 23.2 Å².